The normalized spacial score (nSPS) is 29.5. The zero-order valence-electron chi connectivity index (χ0n) is 21.7. The number of carbonyl (C=O) groups excluding carboxylic acids is 1. The Morgan fingerprint density at radius 2 is 1.92 bits per heavy atom. The van der Waals surface area contributed by atoms with Gasteiger partial charge in [-0.2, -0.15) is 9.19 Å². The topological polar surface area (TPSA) is 96.8 Å². The number of hydrogen-bond acceptors (Lipinski definition) is 7. The Bertz CT molecular complexity index is 1230. The molecular weight excluding hydrogens is 504 g/mol. The van der Waals surface area contributed by atoms with E-state index in [4.69, 9.17) is 4.74 Å². The summed E-state index contributed by atoms with van der Waals surface area (Å²) in [7, 11) is -1.63. The van der Waals surface area contributed by atoms with Crippen LogP contribution in [-0.2, 0) is 27.8 Å². The van der Waals surface area contributed by atoms with Gasteiger partial charge in [0.25, 0.3) is 10.0 Å². The second-order valence-corrected chi connectivity index (χ2v) is 13.7. The quantitative estimate of drug-likeness (QED) is 0.614. The predicted molar refractivity (Wildman–Crippen MR) is 133 cm³/mol. The summed E-state index contributed by atoms with van der Waals surface area (Å²) >= 11 is 0. The van der Waals surface area contributed by atoms with Gasteiger partial charge in [0.1, 0.15) is 17.3 Å². The molecule has 1 saturated carbocycles. The number of hydrogen-bond donors (Lipinski definition) is 1. The largest absolute Gasteiger partial charge is 0.444 e. The van der Waals surface area contributed by atoms with Crippen molar-refractivity contribution in [1.29, 1.82) is 0 Å². The van der Waals surface area contributed by atoms with E-state index in [-0.39, 0.29) is 17.7 Å². The first-order chi connectivity index (χ1) is 17.3. The van der Waals surface area contributed by atoms with Gasteiger partial charge in [-0.25, -0.2) is 22.0 Å². The highest BCUT2D eigenvalue weighted by atomic mass is 32.2. The Hall–Kier alpha value is -2.31. The van der Waals surface area contributed by atoms with Gasteiger partial charge in [-0.3, -0.25) is 9.80 Å². The number of rotatable bonds is 5. The SMILES string of the molecule is CN1CC(N2Cc3cnn(S(=O)(=O)C4CC4)c3C2)CC(NC(=O)OC(C)(C)C)[C@H]1C1CC(F)=CC=C1F. The maximum atomic E-state index is 14.9. The lowest BCUT2D eigenvalue weighted by Gasteiger charge is -2.48. The molecule has 5 rings (SSSR count). The number of nitrogens with zero attached hydrogens (tertiary/aromatic N) is 4. The zero-order valence-corrected chi connectivity index (χ0v) is 22.5. The second-order valence-electron chi connectivity index (χ2n) is 11.7. The van der Waals surface area contributed by atoms with Crippen LogP contribution in [0.15, 0.2) is 30.0 Å². The van der Waals surface area contributed by atoms with Gasteiger partial charge in [-0.15, -0.1) is 0 Å². The maximum absolute atomic E-state index is 14.9. The first-order valence-electron chi connectivity index (χ1n) is 12.8. The molecule has 2 aliphatic heterocycles. The number of allylic oxidation sites excluding steroid dienone is 3. The maximum Gasteiger partial charge on any atom is 0.407 e. The molecule has 1 N–H and O–H groups in total. The molecule has 4 aliphatic rings. The number of alkyl carbamates (subject to hydrolysis) is 1. The monoisotopic (exact) mass is 539 g/mol. The summed E-state index contributed by atoms with van der Waals surface area (Å²) in [6.45, 7) is 6.81. The van der Waals surface area contributed by atoms with Crippen LogP contribution in [0.3, 0.4) is 0 Å². The van der Waals surface area contributed by atoms with Crippen molar-refractivity contribution in [2.75, 3.05) is 13.6 Å². The van der Waals surface area contributed by atoms with Gasteiger partial charge in [0, 0.05) is 55.7 Å². The molecular formula is C25H35F2N5O4S. The molecule has 9 nitrogen and oxygen atoms in total. The predicted octanol–water partition coefficient (Wildman–Crippen LogP) is 3.23. The fourth-order valence-electron chi connectivity index (χ4n) is 5.81. The first-order valence-corrected chi connectivity index (χ1v) is 14.3. The standard InChI is InChI=1S/C25H35F2N5O4S/c1-25(2,3)36-24(33)29-21-10-17(13-30(4)23(21)19-9-16(26)5-8-20(19)27)31-12-15-11-28-32(22(15)14-31)37(34,35)18-6-7-18/h5,8,11,17-19,21,23H,6-7,9-10,12-14H2,1-4H3,(H,29,33)/t17?,19?,21?,23-/m1/s1. The molecule has 0 bridgehead atoms. The summed E-state index contributed by atoms with van der Waals surface area (Å²) in [5, 5.41) is 6.75. The van der Waals surface area contributed by atoms with Crippen molar-refractivity contribution in [3.8, 4) is 0 Å². The Labute approximate surface area is 216 Å². The highest BCUT2D eigenvalue weighted by Crippen LogP contribution is 2.38. The number of likely N-dealkylation sites (tertiary alicyclic amines) is 1. The molecule has 3 heterocycles. The smallest absolute Gasteiger partial charge is 0.407 e. The molecule has 3 unspecified atom stereocenters. The minimum absolute atomic E-state index is 0.0540. The Morgan fingerprint density at radius 1 is 1.19 bits per heavy atom. The van der Waals surface area contributed by atoms with Crippen LogP contribution in [0.4, 0.5) is 13.6 Å². The number of nitrogens with one attached hydrogen (secondary N) is 1. The summed E-state index contributed by atoms with van der Waals surface area (Å²) in [5.74, 6) is -1.54. The van der Waals surface area contributed by atoms with Gasteiger partial charge >= 0.3 is 6.09 Å². The van der Waals surface area contributed by atoms with Crippen LogP contribution in [0.25, 0.3) is 0 Å². The van der Waals surface area contributed by atoms with E-state index in [0.717, 1.165) is 17.7 Å². The van der Waals surface area contributed by atoms with E-state index in [0.29, 0.717) is 44.6 Å². The molecule has 37 heavy (non-hydrogen) atoms. The van der Waals surface area contributed by atoms with E-state index in [2.05, 4.69) is 15.3 Å². The molecule has 12 heteroatoms. The number of ether oxygens (including phenoxy) is 1. The highest BCUT2D eigenvalue weighted by molar-refractivity contribution is 7.90. The van der Waals surface area contributed by atoms with Gasteiger partial charge < -0.3 is 10.1 Å². The molecule has 0 spiro atoms. The van der Waals surface area contributed by atoms with Gasteiger partial charge in [0.05, 0.1) is 17.1 Å². The van der Waals surface area contributed by atoms with Gasteiger partial charge in [-0.05, 0) is 59.2 Å². The lowest BCUT2D eigenvalue weighted by atomic mass is 9.80. The fraction of sp³-hybridized carbons (Fsp3) is 0.680. The minimum Gasteiger partial charge on any atom is -0.444 e. The first kappa shape index (κ1) is 26.3. The third-order valence-corrected chi connectivity index (χ3v) is 9.71. The van der Waals surface area contributed by atoms with Gasteiger partial charge in [-0.1, -0.05) is 0 Å². The lowest BCUT2D eigenvalue weighted by Crippen LogP contribution is -2.63. The molecule has 1 aromatic rings. The second kappa shape index (κ2) is 9.46. The Morgan fingerprint density at radius 3 is 2.59 bits per heavy atom. The van der Waals surface area contributed by atoms with E-state index >= 15 is 0 Å². The zero-order chi connectivity index (χ0) is 26.7. The number of halogens is 2. The summed E-state index contributed by atoms with van der Waals surface area (Å²) in [6, 6.07) is -1.04. The third kappa shape index (κ3) is 5.33. The Balaban J connectivity index is 1.36. The average molecular weight is 540 g/mol. The average Bonchev–Trinajstić information content (AvgIpc) is 3.45. The van der Waals surface area contributed by atoms with Crippen LogP contribution in [-0.4, -0.2) is 76.1 Å². The van der Waals surface area contributed by atoms with Gasteiger partial charge in [0.15, 0.2) is 0 Å². The summed E-state index contributed by atoms with van der Waals surface area (Å²) in [6.07, 6.45) is 5.06. The third-order valence-electron chi connectivity index (χ3n) is 7.60. The molecule has 1 aromatic heterocycles. The summed E-state index contributed by atoms with van der Waals surface area (Å²) in [5.41, 5.74) is 0.848. The highest BCUT2D eigenvalue weighted by Gasteiger charge is 2.46. The number of carbonyl (C=O) groups is 1. The van der Waals surface area contributed by atoms with Gasteiger partial charge in [0.2, 0.25) is 0 Å². The fourth-order valence-corrected chi connectivity index (χ4v) is 7.49. The summed E-state index contributed by atoms with van der Waals surface area (Å²) in [4.78, 5) is 16.9. The molecule has 204 valence electrons. The number of aromatic nitrogens is 2. The van der Waals surface area contributed by atoms with Crippen LogP contribution in [0.5, 0.6) is 0 Å². The lowest BCUT2D eigenvalue weighted by molar-refractivity contribution is 0.0128. The van der Waals surface area contributed by atoms with E-state index in [1.165, 1.54) is 4.09 Å². The molecule has 2 fully saturated rings. The molecule has 4 atom stereocenters. The molecule has 2 aliphatic carbocycles. The molecule has 1 saturated heterocycles. The van der Waals surface area contributed by atoms with Crippen LogP contribution < -0.4 is 5.32 Å². The van der Waals surface area contributed by atoms with Crippen LogP contribution in [0, 0.1) is 5.92 Å². The molecule has 1 amide bonds. The Kier molecular flexibility index (Phi) is 6.73. The van der Waals surface area contributed by atoms with Crippen LogP contribution in [0.2, 0.25) is 0 Å². The minimum atomic E-state index is -3.49. The van der Waals surface area contributed by atoms with Crippen molar-refractivity contribution >= 4 is 16.1 Å². The van der Waals surface area contributed by atoms with Crippen molar-refractivity contribution in [2.45, 2.75) is 88.5 Å². The number of piperidine rings is 1. The molecule has 0 aromatic carbocycles. The van der Waals surface area contributed by atoms with E-state index < -0.39 is 51.4 Å². The molecule has 0 radical (unpaired) electrons. The summed E-state index contributed by atoms with van der Waals surface area (Å²) < 4.78 is 61.5. The van der Waals surface area contributed by atoms with Crippen molar-refractivity contribution in [3.63, 3.8) is 0 Å². The van der Waals surface area contributed by atoms with Crippen molar-refractivity contribution in [3.05, 3.63) is 41.3 Å². The number of fused-ring (bicyclic) bond motifs is 1. The van der Waals surface area contributed by atoms with Crippen LogP contribution in [0.1, 0.15) is 57.7 Å². The van der Waals surface area contributed by atoms with Crippen LogP contribution >= 0.6 is 0 Å². The number of amides is 1. The van der Waals surface area contributed by atoms with E-state index in [1.807, 2.05) is 11.9 Å². The van der Waals surface area contributed by atoms with Crippen molar-refractivity contribution in [2.24, 2.45) is 5.92 Å². The number of likely N-dealkylation sites (N-methyl/N-ethyl adjacent to an activating group) is 1. The van der Waals surface area contributed by atoms with E-state index in [9.17, 15) is 22.0 Å². The van der Waals surface area contributed by atoms with Crippen molar-refractivity contribution in [1.82, 2.24) is 24.3 Å². The van der Waals surface area contributed by atoms with E-state index in [1.54, 1.807) is 27.0 Å². The van der Waals surface area contributed by atoms with Crippen molar-refractivity contribution < 1.29 is 26.7 Å².